The highest BCUT2D eigenvalue weighted by atomic mass is 32.1. The van der Waals surface area contributed by atoms with E-state index in [-0.39, 0.29) is 5.41 Å². The molecular formula is C11H16S. The molecule has 66 valence electrons. The number of thiophene rings is 1. The number of hydrogen-bond acceptors (Lipinski definition) is 1. The first-order valence-corrected chi connectivity index (χ1v) is 5.10. The van der Waals surface area contributed by atoms with E-state index in [0.29, 0.717) is 0 Å². The Morgan fingerprint density at radius 3 is 2.50 bits per heavy atom. The predicted octanol–water partition coefficient (Wildman–Crippen LogP) is 4.20. The summed E-state index contributed by atoms with van der Waals surface area (Å²) in [6, 6.07) is 4.27. The Morgan fingerprint density at radius 2 is 2.08 bits per heavy atom. The van der Waals surface area contributed by atoms with Crippen LogP contribution in [0.3, 0.4) is 0 Å². The fourth-order valence-corrected chi connectivity index (χ4v) is 1.93. The van der Waals surface area contributed by atoms with Crippen molar-refractivity contribution in [2.24, 2.45) is 5.41 Å². The fourth-order valence-electron chi connectivity index (χ4n) is 1.22. The van der Waals surface area contributed by atoms with E-state index in [1.807, 2.05) is 0 Å². The molecule has 0 fully saturated rings. The third-order valence-corrected chi connectivity index (χ3v) is 2.56. The molecule has 0 unspecified atom stereocenters. The molecule has 12 heavy (non-hydrogen) atoms. The predicted molar refractivity (Wildman–Crippen MR) is 57.4 cm³/mol. The summed E-state index contributed by atoms with van der Waals surface area (Å²) in [6.07, 6.45) is 2.32. The van der Waals surface area contributed by atoms with Crippen LogP contribution in [0.5, 0.6) is 0 Å². The molecule has 0 saturated carbocycles. The first kappa shape index (κ1) is 9.53. The van der Waals surface area contributed by atoms with Crippen molar-refractivity contribution in [1.82, 2.24) is 0 Å². The molecule has 1 aromatic heterocycles. The summed E-state index contributed by atoms with van der Waals surface area (Å²) in [5, 5.41) is 2.12. The van der Waals surface area contributed by atoms with E-state index in [4.69, 9.17) is 0 Å². The summed E-state index contributed by atoms with van der Waals surface area (Å²) in [5.41, 5.74) is 1.67. The summed E-state index contributed by atoms with van der Waals surface area (Å²) < 4.78 is 0. The van der Waals surface area contributed by atoms with E-state index >= 15 is 0 Å². The van der Waals surface area contributed by atoms with Crippen LogP contribution in [0.15, 0.2) is 23.6 Å². The molecule has 0 aliphatic carbocycles. The van der Waals surface area contributed by atoms with Crippen molar-refractivity contribution >= 4 is 16.9 Å². The minimum absolute atomic E-state index is 0.286. The molecule has 0 bridgehead atoms. The number of rotatable bonds is 1. The molecule has 0 amide bonds. The van der Waals surface area contributed by atoms with Crippen LogP contribution < -0.4 is 0 Å². The van der Waals surface area contributed by atoms with E-state index in [1.54, 1.807) is 11.3 Å². The van der Waals surface area contributed by atoms with Gasteiger partial charge in [-0.05, 0) is 29.4 Å². The maximum atomic E-state index is 2.32. The summed E-state index contributed by atoms with van der Waals surface area (Å²) in [5.74, 6) is 0. The maximum absolute atomic E-state index is 2.32. The summed E-state index contributed by atoms with van der Waals surface area (Å²) >= 11 is 1.80. The Hall–Kier alpha value is -0.560. The third kappa shape index (κ3) is 2.82. The van der Waals surface area contributed by atoms with Crippen molar-refractivity contribution in [3.63, 3.8) is 0 Å². The highest BCUT2D eigenvalue weighted by Gasteiger charge is 2.07. The molecule has 0 aliphatic heterocycles. The van der Waals surface area contributed by atoms with E-state index < -0.39 is 0 Å². The Balaban J connectivity index is 2.85. The Morgan fingerprint density at radius 1 is 1.42 bits per heavy atom. The van der Waals surface area contributed by atoms with Crippen molar-refractivity contribution in [1.29, 1.82) is 0 Å². The van der Waals surface area contributed by atoms with E-state index in [9.17, 15) is 0 Å². The minimum atomic E-state index is 0.286. The van der Waals surface area contributed by atoms with Crippen LogP contribution in [0.25, 0.3) is 5.57 Å². The Kier molecular flexibility index (Phi) is 2.73. The monoisotopic (exact) mass is 180 g/mol. The van der Waals surface area contributed by atoms with Crippen LogP contribution in [0.1, 0.15) is 32.6 Å². The molecule has 0 aromatic carbocycles. The van der Waals surface area contributed by atoms with Crippen molar-refractivity contribution < 1.29 is 0 Å². The molecule has 0 spiro atoms. The summed E-state index contributed by atoms with van der Waals surface area (Å²) in [7, 11) is 0. The van der Waals surface area contributed by atoms with Crippen molar-refractivity contribution in [2.75, 3.05) is 0 Å². The molecule has 1 heteroatoms. The summed E-state index contributed by atoms with van der Waals surface area (Å²) in [6.45, 7) is 8.86. The van der Waals surface area contributed by atoms with Gasteiger partial charge in [-0.2, -0.15) is 0 Å². The molecule has 0 saturated heterocycles. The Labute approximate surface area is 78.9 Å². The van der Waals surface area contributed by atoms with Gasteiger partial charge in [-0.1, -0.05) is 32.9 Å². The van der Waals surface area contributed by atoms with Crippen LogP contribution in [-0.2, 0) is 0 Å². The average molecular weight is 180 g/mol. The minimum Gasteiger partial charge on any atom is -0.144 e. The molecule has 1 aromatic rings. The molecule has 0 N–H and O–H groups in total. The van der Waals surface area contributed by atoms with Crippen LogP contribution in [0.2, 0.25) is 0 Å². The lowest BCUT2D eigenvalue weighted by Gasteiger charge is -2.13. The highest BCUT2D eigenvalue weighted by molar-refractivity contribution is 7.11. The molecule has 0 atom stereocenters. The van der Waals surface area contributed by atoms with Gasteiger partial charge in [0.25, 0.3) is 0 Å². The largest absolute Gasteiger partial charge is 0.144 e. The van der Waals surface area contributed by atoms with Gasteiger partial charge in [-0.15, -0.1) is 11.3 Å². The van der Waals surface area contributed by atoms with Crippen molar-refractivity contribution in [2.45, 2.75) is 27.7 Å². The van der Waals surface area contributed by atoms with Gasteiger partial charge >= 0.3 is 0 Å². The van der Waals surface area contributed by atoms with Gasteiger partial charge in [0.15, 0.2) is 0 Å². The molecule has 0 nitrogen and oxygen atoms in total. The van der Waals surface area contributed by atoms with Crippen LogP contribution in [0.4, 0.5) is 0 Å². The second-order valence-corrected chi connectivity index (χ2v) is 5.12. The van der Waals surface area contributed by atoms with Crippen LogP contribution >= 0.6 is 11.3 Å². The first-order chi connectivity index (χ1) is 5.49. The topological polar surface area (TPSA) is 0 Å². The second kappa shape index (κ2) is 3.44. The third-order valence-electron chi connectivity index (χ3n) is 1.56. The van der Waals surface area contributed by atoms with Gasteiger partial charge in [-0.3, -0.25) is 0 Å². The quantitative estimate of drug-likeness (QED) is 0.607. The van der Waals surface area contributed by atoms with Gasteiger partial charge in [0, 0.05) is 4.88 Å². The van der Waals surface area contributed by atoms with E-state index in [0.717, 1.165) is 0 Å². The van der Waals surface area contributed by atoms with Crippen molar-refractivity contribution in [3.8, 4) is 0 Å². The first-order valence-electron chi connectivity index (χ1n) is 4.22. The van der Waals surface area contributed by atoms with E-state index in [1.165, 1.54) is 10.5 Å². The van der Waals surface area contributed by atoms with Crippen LogP contribution in [-0.4, -0.2) is 0 Å². The zero-order valence-corrected chi connectivity index (χ0v) is 9.03. The Bertz CT molecular complexity index is 260. The highest BCUT2D eigenvalue weighted by Crippen LogP contribution is 2.25. The molecule has 1 heterocycles. The number of hydrogen-bond donors (Lipinski definition) is 0. The van der Waals surface area contributed by atoms with Gasteiger partial charge in [0.1, 0.15) is 0 Å². The lowest BCUT2D eigenvalue weighted by atomic mass is 9.93. The lowest BCUT2D eigenvalue weighted by Crippen LogP contribution is -1.99. The fraction of sp³-hybridized carbons (Fsp3) is 0.455. The average Bonchev–Trinajstić information content (AvgIpc) is 2.32. The van der Waals surface area contributed by atoms with Crippen molar-refractivity contribution in [3.05, 3.63) is 28.5 Å². The molecule has 0 aliphatic rings. The van der Waals surface area contributed by atoms with E-state index in [2.05, 4.69) is 51.3 Å². The lowest BCUT2D eigenvalue weighted by molar-refractivity contribution is 0.545. The smallest absolute Gasteiger partial charge is 0.0296 e. The molecule has 1 rings (SSSR count). The number of allylic oxidation sites excluding steroid dienone is 2. The SMILES string of the molecule is C/C(=C\C(C)(C)C)c1cccs1. The molecular weight excluding hydrogens is 164 g/mol. The van der Waals surface area contributed by atoms with Gasteiger partial charge in [0.2, 0.25) is 0 Å². The van der Waals surface area contributed by atoms with Gasteiger partial charge in [-0.25, -0.2) is 0 Å². The van der Waals surface area contributed by atoms with Gasteiger partial charge in [0.05, 0.1) is 0 Å². The standard InChI is InChI=1S/C11H16S/c1-9(8-11(2,3)4)10-6-5-7-12-10/h5-8H,1-4H3/b9-8+. The zero-order chi connectivity index (χ0) is 9.19. The maximum Gasteiger partial charge on any atom is 0.0296 e. The van der Waals surface area contributed by atoms with Crippen LogP contribution in [0, 0.1) is 5.41 Å². The summed E-state index contributed by atoms with van der Waals surface area (Å²) in [4.78, 5) is 1.38. The zero-order valence-electron chi connectivity index (χ0n) is 8.22. The normalized spacial score (nSPS) is 13.5. The second-order valence-electron chi connectivity index (χ2n) is 4.17. The van der Waals surface area contributed by atoms with Gasteiger partial charge < -0.3 is 0 Å². The molecule has 0 radical (unpaired) electrons.